The monoisotopic (exact) mass is 260 g/mol. The molecule has 2 fully saturated rings. The number of carbonyl (C=O) groups is 2. The van der Waals surface area contributed by atoms with Gasteiger partial charge in [-0.05, 0) is 12.8 Å². The van der Waals surface area contributed by atoms with Crippen molar-refractivity contribution in [2.24, 2.45) is 0 Å². The van der Waals surface area contributed by atoms with Gasteiger partial charge in [0.25, 0.3) is 0 Å². The van der Waals surface area contributed by atoms with E-state index in [1.165, 1.54) is 0 Å². The number of nitrogens with zero attached hydrogens (tertiary/aromatic N) is 2. The molecule has 2 amide bonds. The number of hydrogen-bond acceptors (Lipinski definition) is 2. The van der Waals surface area contributed by atoms with Crippen LogP contribution in [0.1, 0.15) is 12.8 Å². The molecule has 0 aliphatic carbocycles. The van der Waals surface area contributed by atoms with Crippen LogP contribution in [0.5, 0.6) is 0 Å². The predicted molar refractivity (Wildman–Crippen MR) is 55.1 cm³/mol. The summed E-state index contributed by atoms with van der Waals surface area (Å²) in [5.41, 5.74) is 0. The lowest BCUT2D eigenvalue weighted by Crippen LogP contribution is -2.42. The van der Waals surface area contributed by atoms with Gasteiger partial charge in [-0.15, -0.1) is 0 Å². The van der Waals surface area contributed by atoms with E-state index < -0.39 is 0 Å². The SMILES string of the molecule is CN1CCC(N2CCC(Br)C2=O)C1=O. The minimum Gasteiger partial charge on any atom is -0.344 e. The fourth-order valence-corrected chi connectivity index (χ4v) is 2.54. The number of likely N-dealkylation sites (N-methyl/N-ethyl adjacent to an activating group) is 1. The van der Waals surface area contributed by atoms with Gasteiger partial charge >= 0.3 is 0 Å². The summed E-state index contributed by atoms with van der Waals surface area (Å²) in [7, 11) is 1.79. The lowest BCUT2D eigenvalue weighted by molar-refractivity contribution is -0.138. The normalized spacial score (nSPS) is 33.3. The number of carbonyl (C=O) groups excluding carboxylic acids is 2. The first-order valence-corrected chi connectivity index (χ1v) is 5.72. The van der Waals surface area contributed by atoms with Crippen LogP contribution in [0.2, 0.25) is 0 Å². The molecule has 4 nitrogen and oxygen atoms in total. The third-order valence-corrected chi connectivity index (χ3v) is 3.80. The Bertz CT molecular complexity index is 254. The van der Waals surface area contributed by atoms with Gasteiger partial charge in [0.2, 0.25) is 11.8 Å². The van der Waals surface area contributed by atoms with Crippen LogP contribution in [-0.4, -0.2) is 52.6 Å². The summed E-state index contributed by atoms with van der Waals surface area (Å²) in [5, 5.41) is 0. The molecule has 0 aromatic rings. The molecular weight excluding hydrogens is 248 g/mol. The minimum absolute atomic E-state index is 0.0682. The molecular formula is C9H13BrN2O2. The van der Waals surface area contributed by atoms with Crippen molar-refractivity contribution < 1.29 is 9.59 Å². The minimum atomic E-state index is -0.199. The largest absolute Gasteiger partial charge is 0.344 e. The number of amides is 2. The summed E-state index contributed by atoms with van der Waals surface area (Å²) in [4.78, 5) is 26.6. The quantitative estimate of drug-likeness (QED) is 0.633. The highest BCUT2D eigenvalue weighted by atomic mass is 79.9. The molecule has 2 unspecified atom stereocenters. The van der Waals surface area contributed by atoms with Crippen molar-refractivity contribution >= 4 is 27.7 Å². The number of alkyl halides is 1. The number of rotatable bonds is 1. The van der Waals surface area contributed by atoms with Gasteiger partial charge < -0.3 is 9.80 Å². The predicted octanol–water partition coefficient (Wildman–Crippen LogP) is 0.213. The molecule has 0 bridgehead atoms. The Hall–Kier alpha value is -0.580. The maximum absolute atomic E-state index is 11.7. The fourth-order valence-electron chi connectivity index (χ4n) is 2.07. The molecule has 0 spiro atoms. The molecule has 0 N–H and O–H groups in total. The van der Waals surface area contributed by atoms with Crippen LogP contribution in [0, 0.1) is 0 Å². The zero-order chi connectivity index (χ0) is 10.3. The molecule has 78 valence electrons. The molecule has 0 aromatic heterocycles. The summed E-state index contributed by atoms with van der Waals surface area (Å²) in [6.45, 7) is 1.47. The second-order valence-electron chi connectivity index (χ2n) is 3.85. The molecule has 0 radical (unpaired) electrons. The van der Waals surface area contributed by atoms with Crippen LogP contribution in [0.4, 0.5) is 0 Å². The Morgan fingerprint density at radius 1 is 1.21 bits per heavy atom. The summed E-state index contributed by atoms with van der Waals surface area (Å²) in [5.74, 6) is 0.151. The number of hydrogen-bond donors (Lipinski definition) is 0. The zero-order valence-electron chi connectivity index (χ0n) is 8.07. The second kappa shape index (κ2) is 3.53. The Balaban J connectivity index is 2.10. The van der Waals surface area contributed by atoms with Gasteiger partial charge in [0.05, 0.1) is 4.83 Å². The van der Waals surface area contributed by atoms with Gasteiger partial charge in [0.1, 0.15) is 6.04 Å². The van der Waals surface area contributed by atoms with Crippen LogP contribution in [0.25, 0.3) is 0 Å². The van der Waals surface area contributed by atoms with E-state index in [2.05, 4.69) is 15.9 Å². The van der Waals surface area contributed by atoms with E-state index in [0.717, 1.165) is 19.4 Å². The van der Waals surface area contributed by atoms with Gasteiger partial charge in [0.15, 0.2) is 0 Å². The van der Waals surface area contributed by atoms with E-state index in [0.29, 0.717) is 6.54 Å². The van der Waals surface area contributed by atoms with E-state index >= 15 is 0 Å². The van der Waals surface area contributed by atoms with Crippen LogP contribution in [0.15, 0.2) is 0 Å². The molecule has 2 atom stereocenters. The molecule has 5 heteroatoms. The van der Waals surface area contributed by atoms with Crippen molar-refractivity contribution in [3.05, 3.63) is 0 Å². The van der Waals surface area contributed by atoms with Crippen molar-refractivity contribution in [2.75, 3.05) is 20.1 Å². The molecule has 14 heavy (non-hydrogen) atoms. The number of likely N-dealkylation sites (tertiary alicyclic amines) is 2. The van der Waals surface area contributed by atoms with E-state index in [1.54, 1.807) is 16.8 Å². The van der Waals surface area contributed by atoms with Gasteiger partial charge in [-0.2, -0.15) is 0 Å². The smallest absolute Gasteiger partial charge is 0.245 e. The maximum atomic E-state index is 11.7. The molecule has 2 aliphatic rings. The lowest BCUT2D eigenvalue weighted by atomic mass is 10.2. The Morgan fingerprint density at radius 2 is 1.93 bits per heavy atom. The van der Waals surface area contributed by atoms with Crippen LogP contribution >= 0.6 is 15.9 Å². The van der Waals surface area contributed by atoms with Crippen molar-refractivity contribution in [3.8, 4) is 0 Å². The first-order chi connectivity index (χ1) is 6.61. The first-order valence-electron chi connectivity index (χ1n) is 4.81. The van der Waals surface area contributed by atoms with Gasteiger partial charge in [-0.1, -0.05) is 15.9 Å². The van der Waals surface area contributed by atoms with Gasteiger partial charge in [0, 0.05) is 20.1 Å². The first kappa shape index (κ1) is 9.96. The molecule has 0 saturated carbocycles. The van der Waals surface area contributed by atoms with E-state index in [4.69, 9.17) is 0 Å². The van der Waals surface area contributed by atoms with Crippen molar-refractivity contribution in [2.45, 2.75) is 23.7 Å². The van der Waals surface area contributed by atoms with E-state index in [1.807, 2.05) is 0 Å². The van der Waals surface area contributed by atoms with Gasteiger partial charge in [-0.3, -0.25) is 9.59 Å². The average Bonchev–Trinajstić information content (AvgIpc) is 2.63. The lowest BCUT2D eigenvalue weighted by Gasteiger charge is -2.22. The van der Waals surface area contributed by atoms with Crippen LogP contribution in [0.3, 0.4) is 0 Å². The zero-order valence-corrected chi connectivity index (χ0v) is 9.66. The topological polar surface area (TPSA) is 40.6 Å². The van der Waals surface area contributed by atoms with Crippen LogP contribution in [-0.2, 0) is 9.59 Å². The molecule has 0 aromatic carbocycles. The maximum Gasteiger partial charge on any atom is 0.245 e. The fraction of sp³-hybridized carbons (Fsp3) is 0.778. The van der Waals surface area contributed by atoms with E-state index in [9.17, 15) is 9.59 Å². The van der Waals surface area contributed by atoms with Crippen LogP contribution < -0.4 is 0 Å². The summed E-state index contributed by atoms with van der Waals surface area (Å²) in [6, 6.07) is -0.199. The Labute approximate surface area is 91.4 Å². The molecule has 2 aliphatic heterocycles. The Kier molecular flexibility index (Phi) is 2.51. The third-order valence-electron chi connectivity index (χ3n) is 2.95. The van der Waals surface area contributed by atoms with Crippen molar-refractivity contribution in [1.29, 1.82) is 0 Å². The third kappa shape index (κ3) is 1.43. The molecule has 2 heterocycles. The highest BCUT2D eigenvalue weighted by Gasteiger charge is 2.41. The molecule has 2 rings (SSSR count). The van der Waals surface area contributed by atoms with E-state index in [-0.39, 0.29) is 22.7 Å². The highest BCUT2D eigenvalue weighted by molar-refractivity contribution is 9.10. The molecule has 2 saturated heterocycles. The van der Waals surface area contributed by atoms with Crippen molar-refractivity contribution in [1.82, 2.24) is 9.80 Å². The Morgan fingerprint density at radius 3 is 2.36 bits per heavy atom. The summed E-state index contributed by atoms with van der Waals surface area (Å²) >= 11 is 3.31. The highest BCUT2D eigenvalue weighted by Crippen LogP contribution is 2.25. The summed E-state index contributed by atoms with van der Waals surface area (Å²) in [6.07, 6.45) is 1.59. The standard InChI is InChI=1S/C9H13BrN2O2/c1-11-4-3-7(9(11)14)12-5-2-6(10)8(12)13/h6-7H,2-5H2,1H3. The number of halogens is 1. The second-order valence-corrected chi connectivity index (χ2v) is 4.96. The van der Waals surface area contributed by atoms with Gasteiger partial charge in [-0.25, -0.2) is 0 Å². The van der Waals surface area contributed by atoms with Crippen molar-refractivity contribution in [3.63, 3.8) is 0 Å². The average molecular weight is 261 g/mol. The summed E-state index contributed by atoms with van der Waals surface area (Å²) < 4.78 is 0.